The number of nitrogens with one attached hydrogen (secondary N) is 1. The van der Waals surface area contributed by atoms with E-state index in [0.29, 0.717) is 19.1 Å². The summed E-state index contributed by atoms with van der Waals surface area (Å²) >= 11 is 0. The van der Waals surface area contributed by atoms with Gasteiger partial charge in [0.15, 0.2) is 0 Å². The van der Waals surface area contributed by atoms with Gasteiger partial charge in [0.2, 0.25) is 5.91 Å². The quantitative estimate of drug-likeness (QED) is 0.780. The number of amides is 1. The van der Waals surface area contributed by atoms with Crippen LogP contribution in [0.2, 0.25) is 0 Å². The van der Waals surface area contributed by atoms with E-state index in [9.17, 15) is 4.79 Å². The minimum atomic E-state index is 0. The standard InChI is InChI=1S/C15H29N3O.ClH/c1-15(11-16)8-9-18(12-15)10-14(19)17-13-6-4-2-3-5-7-13;/h13H,2-12,16H2,1H3,(H,17,19);1H. The zero-order valence-electron chi connectivity index (χ0n) is 12.7. The number of nitrogens with zero attached hydrogens (tertiary/aromatic N) is 1. The van der Waals surface area contributed by atoms with E-state index in [2.05, 4.69) is 17.1 Å². The molecule has 1 aliphatic carbocycles. The number of nitrogens with two attached hydrogens (primary N) is 1. The summed E-state index contributed by atoms with van der Waals surface area (Å²) in [6.07, 6.45) is 8.61. The molecule has 1 unspecified atom stereocenters. The molecule has 0 spiro atoms. The number of rotatable bonds is 4. The molecular formula is C15H30ClN3O. The summed E-state index contributed by atoms with van der Waals surface area (Å²) in [4.78, 5) is 14.3. The molecule has 1 atom stereocenters. The van der Waals surface area contributed by atoms with Crippen LogP contribution in [0.5, 0.6) is 0 Å². The van der Waals surface area contributed by atoms with Crippen LogP contribution in [0.25, 0.3) is 0 Å². The number of hydrogen-bond acceptors (Lipinski definition) is 3. The molecule has 4 nitrogen and oxygen atoms in total. The molecule has 118 valence electrons. The molecule has 1 saturated heterocycles. The van der Waals surface area contributed by atoms with Crippen molar-refractivity contribution in [3.8, 4) is 0 Å². The highest BCUT2D eigenvalue weighted by molar-refractivity contribution is 5.85. The first kappa shape index (κ1) is 17.7. The first-order valence-electron chi connectivity index (χ1n) is 7.83. The average molecular weight is 304 g/mol. The van der Waals surface area contributed by atoms with Gasteiger partial charge in [0.05, 0.1) is 6.54 Å². The minimum Gasteiger partial charge on any atom is -0.352 e. The van der Waals surface area contributed by atoms with Crippen LogP contribution in [-0.4, -0.2) is 43.0 Å². The van der Waals surface area contributed by atoms with Crippen molar-refractivity contribution < 1.29 is 4.79 Å². The number of hydrogen-bond donors (Lipinski definition) is 2. The van der Waals surface area contributed by atoms with Gasteiger partial charge in [0.25, 0.3) is 0 Å². The van der Waals surface area contributed by atoms with Gasteiger partial charge in [0, 0.05) is 12.6 Å². The fraction of sp³-hybridized carbons (Fsp3) is 0.933. The van der Waals surface area contributed by atoms with E-state index in [1.165, 1.54) is 25.7 Å². The zero-order chi connectivity index (χ0) is 13.7. The van der Waals surface area contributed by atoms with Gasteiger partial charge in [-0.15, -0.1) is 12.4 Å². The third-order valence-corrected chi connectivity index (χ3v) is 4.72. The van der Waals surface area contributed by atoms with Crippen molar-refractivity contribution in [3.63, 3.8) is 0 Å². The second-order valence-electron chi connectivity index (χ2n) is 6.73. The maximum absolute atomic E-state index is 12.1. The van der Waals surface area contributed by atoms with Crippen molar-refractivity contribution in [2.24, 2.45) is 11.1 Å². The Labute approximate surface area is 129 Å². The lowest BCUT2D eigenvalue weighted by Gasteiger charge is -2.23. The van der Waals surface area contributed by atoms with Crippen LogP contribution in [0.1, 0.15) is 51.9 Å². The number of likely N-dealkylation sites (tertiary alicyclic amines) is 1. The van der Waals surface area contributed by atoms with Crippen LogP contribution < -0.4 is 11.1 Å². The van der Waals surface area contributed by atoms with Crippen molar-refractivity contribution in [3.05, 3.63) is 0 Å². The third kappa shape index (κ3) is 5.23. The van der Waals surface area contributed by atoms with E-state index in [0.717, 1.165) is 32.4 Å². The second-order valence-corrected chi connectivity index (χ2v) is 6.73. The fourth-order valence-corrected chi connectivity index (χ4v) is 3.33. The minimum absolute atomic E-state index is 0. The molecule has 0 aromatic carbocycles. The molecule has 0 aromatic rings. The second kappa shape index (κ2) is 8.20. The molecule has 2 fully saturated rings. The van der Waals surface area contributed by atoms with Crippen LogP contribution in [0.3, 0.4) is 0 Å². The summed E-state index contributed by atoms with van der Waals surface area (Å²) in [5.41, 5.74) is 6.01. The van der Waals surface area contributed by atoms with Gasteiger partial charge in [-0.3, -0.25) is 9.69 Å². The summed E-state index contributed by atoms with van der Waals surface area (Å²) < 4.78 is 0. The van der Waals surface area contributed by atoms with Crippen LogP contribution in [0.4, 0.5) is 0 Å². The lowest BCUT2D eigenvalue weighted by Crippen LogP contribution is -2.42. The van der Waals surface area contributed by atoms with Crippen LogP contribution in [0, 0.1) is 5.41 Å². The highest BCUT2D eigenvalue weighted by Crippen LogP contribution is 2.28. The molecule has 2 rings (SSSR count). The van der Waals surface area contributed by atoms with Crippen molar-refractivity contribution in [1.82, 2.24) is 10.2 Å². The Kier molecular flexibility index (Phi) is 7.27. The predicted octanol–water partition coefficient (Wildman–Crippen LogP) is 1.92. The Bertz CT molecular complexity index is 305. The van der Waals surface area contributed by atoms with Crippen molar-refractivity contribution in [2.75, 3.05) is 26.2 Å². The number of carbonyl (C=O) groups is 1. The first-order chi connectivity index (χ1) is 9.11. The van der Waals surface area contributed by atoms with E-state index in [4.69, 9.17) is 5.73 Å². The lowest BCUT2D eigenvalue weighted by atomic mass is 9.90. The smallest absolute Gasteiger partial charge is 0.234 e. The largest absolute Gasteiger partial charge is 0.352 e. The van der Waals surface area contributed by atoms with E-state index in [1.807, 2.05) is 0 Å². The van der Waals surface area contributed by atoms with Crippen molar-refractivity contribution in [1.29, 1.82) is 0 Å². The van der Waals surface area contributed by atoms with Crippen LogP contribution >= 0.6 is 12.4 Å². The Morgan fingerprint density at radius 2 is 1.95 bits per heavy atom. The molecule has 20 heavy (non-hydrogen) atoms. The molecule has 0 radical (unpaired) electrons. The molecule has 3 N–H and O–H groups in total. The summed E-state index contributed by atoms with van der Waals surface area (Å²) in [7, 11) is 0. The van der Waals surface area contributed by atoms with Gasteiger partial charge in [-0.25, -0.2) is 0 Å². The average Bonchev–Trinajstić information content (AvgIpc) is 2.60. The molecule has 0 bridgehead atoms. The molecule has 2 aliphatic rings. The van der Waals surface area contributed by atoms with Gasteiger partial charge < -0.3 is 11.1 Å². The maximum Gasteiger partial charge on any atom is 0.234 e. The highest BCUT2D eigenvalue weighted by Gasteiger charge is 2.33. The summed E-state index contributed by atoms with van der Waals surface area (Å²) in [6, 6.07) is 0.415. The molecule has 5 heteroatoms. The highest BCUT2D eigenvalue weighted by atomic mass is 35.5. The normalized spacial score (nSPS) is 28.7. The topological polar surface area (TPSA) is 58.4 Å². The Morgan fingerprint density at radius 3 is 2.50 bits per heavy atom. The number of carbonyl (C=O) groups excluding carboxylic acids is 1. The zero-order valence-corrected chi connectivity index (χ0v) is 13.5. The molecule has 1 saturated carbocycles. The molecule has 1 heterocycles. The molecule has 0 aromatic heterocycles. The Hall–Kier alpha value is -0.320. The molecule has 1 amide bonds. The fourth-order valence-electron chi connectivity index (χ4n) is 3.33. The summed E-state index contributed by atoms with van der Waals surface area (Å²) in [5.74, 6) is 0.202. The summed E-state index contributed by atoms with van der Waals surface area (Å²) in [6.45, 7) is 5.45. The SMILES string of the molecule is CC1(CN)CCN(CC(=O)NC2CCCCCC2)C1.Cl. The molecule has 1 aliphatic heterocycles. The first-order valence-corrected chi connectivity index (χ1v) is 7.83. The van der Waals surface area contributed by atoms with Crippen molar-refractivity contribution in [2.45, 2.75) is 57.9 Å². The van der Waals surface area contributed by atoms with Gasteiger partial charge >= 0.3 is 0 Å². The third-order valence-electron chi connectivity index (χ3n) is 4.72. The van der Waals surface area contributed by atoms with Crippen LogP contribution in [-0.2, 0) is 4.79 Å². The lowest BCUT2D eigenvalue weighted by molar-refractivity contribution is -0.122. The van der Waals surface area contributed by atoms with Gasteiger partial charge in [-0.2, -0.15) is 0 Å². The Balaban J connectivity index is 0.00000200. The van der Waals surface area contributed by atoms with Gasteiger partial charge in [0.1, 0.15) is 0 Å². The van der Waals surface area contributed by atoms with Crippen molar-refractivity contribution >= 4 is 18.3 Å². The molecular weight excluding hydrogens is 274 g/mol. The van der Waals surface area contributed by atoms with E-state index in [-0.39, 0.29) is 23.7 Å². The predicted molar refractivity (Wildman–Crippen MR) is 85.1 cm³/mol. The van der Waals surface area contributed by atoms with Crippen LogP contribution in [0.15, 0.2) is 0 Å². The monoisotopic (exact) mass is 303 g/mol. The Morgan fingerprint density at radius 1 is 1.30 bits per heavy atom. The summed E-state index contributed by atoms with van der Waals surface area (Å²) in [5, 5.41) is 3.22. The number of halogens is 1. The van der Waals surface area contributed by atoms with E-state index >= 15 is 0 Å². The van der Waals surface area contributed by atoms with Gasteiger partial charge in [-0.05, 0) is 37.8 Å². The maximum atomic E-state index is 12.1. The van der Waals surface area contributed by atoms with E-state index in [1.54, 1.807) is 0 Å². The van der Waals surface area contributed by atoms with E-state index < -0.39 is 0 Å². The van der Waals surface area contributed by atoms with Gasteiger partial charge in [-0.1, -0.05) is 32.6 Å².